The van der Waals surface area contributed by atoms with Gasteiger partial charge < -0.3 is 9.47 Å². The molecule has 186 valence electrons. The molecule has 4 nitrogen and oxygen atoms in total. The largest absolute Gasteiger partial charge is 0.469 e. The van der Waals surface area contributed by atoms with E-state index < -0.39 is 11.3 Å². The Kier molecular flexibility index (Phi) is 6.91. The van der Waals surface area contributed by atoms with Crippen molar-refractivity contribution >= 4 is 11.9 Å². The number of carbonyl (C=O) groups is 2. The second-order valence-corrected chi connectivity index (χ2v) is 9.56. The van der Waals surface area contributed by atoms with Crippen LogP contribution in [0, 0.1) is 5.92 Å². The highest BCUT2D eigenvalue weighted by atomic mass is 16.5. The van der Waals surface area contributed by atoms with Gasteiger partial charge in [0.15, 0.2) is 0 Å². The summed E-state index contributed by atoms with van der Waals surface area (Å²) in [5.41, 5.74) is 4.47. The molecule has 0 aromatic heterocycles. The zero-order valence-corrected chi connectivity index (χ0v) is 21.0. The minimum atomic E-state index is -0.638. The van der Waals surface area contributed by atoms with Crippen LogP contribution in [0.15, 0.2) is 115 Å². The van der Waals surface area contributed by atoms with E-state index in [4.69, 9.17) is 9.47 Å². The van der Waals surface area contributed by atoms with E-state index in [1.807, 2.05) is 91.1 Å². The van der Waals surface area contributed by atoms with E-state index in [1.165, 1.54) is 14.2 Å². The summed E-state index contributed by atoms with van der Waals surface area (Å²) < 4.78 is 10.4. The van der Waals surface area contributed by atoms with Gasteiger partial charge in [-0.1, -0.05) is 115 Å². The van der Waals surface area contributed by atoms with Crippen LogP contribution < -0.4 is 0 Å². The summed E-state index contributed by atoms with van der Waals surface area (Å²) in [7, 11) is 2.88. The lowest BCUT2D eigenvalue weighted by Crippen LogP contribution is -2.24. The third kappa shape index (κ3) is 4.67. The Hall–Kier alpha value is -4.18. The van der Waals surface area contributed by atoms with Crippen LogP contribution in [0.2, 0.25) is 0 Å². The van der Waals surface area contributed by atoms with Crippen LogP contribution >= 0.6 is 0 Å². The van der Waals surface area contributed by atoms with Crippen LogP contribution in [0.3, 0.4) is 0 Å². The van der Waals surface area contributed by atoms with E-state index in [1.54, 1.807) is 0 Å². The maximum absolute atomic E-state index is 12.9. The molecule has 1 saturated carbocycles. The molecule has 0 bridgehead atoms. The molecule has 2 aliphatic carbocycles. The van der Waals surface area contributed by atoms with Crippen molar-refractivity contribution in [3.63, 3.8) is 0 Å². The second kappa shape index (κ2) is 10.4. The van der Waals surface area contributed by atoms with Gasteiger partial charge in [0.05, 0.1) is 20.1 Å². The summed E-state index contributed by atoms with van der Waals surface area (Å²) >= 11 is 0. The van der Waals surface area contributed by atoms with Crippen LogP contribution in [-0.2, 0) is 24.5 Å². The van der Waals surface area contributed by atoms with Gasteiger partial charge in [-0.25, -0.2) is 0 Å². The Morgan fingerprint density at radius 1 is 0.757 bits per heavy atom. The molecule has 0 unspecified atom stereocenters. The molecule has 0 radical (unpaired) electrons. The molecule has 0 N–H and O–H groups in total. The molecule has 37 heavy (non-hydrogen) atoms. The molecule has 2 aliphatic rings. The SMILES string of the molecule is COC(=O)[C@@H](c1ccc(-c2ccc([C@@]3(C(=O)OC)C[C@H]3c3ccccc3)cc2)cc1)C1C=CC=CC=C1. The lowest BCUT2D eigenvalue weighted by molar-refractivity contribution is -0.144. The molecule has 0 aliphatic heterocycles. The van der Waals surface area contributed by atoms with Crippen LogP contribution in [-0.4, -0.2) is 26.2 Å². The molecule has 1 fully saturated rings. The number of methoxy groups -OCH3 is 2. The highest BCUT2D eigenvalue weighted by molar-refractivity contribution is 5.89. The minimum Gasteiger partial charge on any atom is -0.469 e. The van der Waals surface area contributed by atoms with Gasteiger partial charge in [-0.05, 0) is 34.2 Å². The van der Waals surface area contributed by atoms with Gasteiger partial charge in [0.1, 0.15) is 5.41 Å². The predicted molar refractivity (Wildman–Crippen MR) is 145 cm³/mol. The van der Waals surface area contributed by atoms with Gasteiger partial charge in [-0.2, -0.15) is 0 Å². The Balaban J connectivity index is 1.39. The molecular formula is C33H30O4. The Bertz CT molecular complexity index is 1330. The van der Waals surface area contributed by atoms with Gasteiger partial charge >= 0.3 is 11.9 Å². The van der Waals surface area contributed by atoms with E-state index in [-0.39, 0.29) is 23.8 Å². The number of allylic oxidation sites excluding steroid dienone is 6. The van der Waals surface area contributed by atoms with Crippen molar-refractivity contribution < 1.29 is 19.1 Å². The highest BCUT2D eigenvalue weighted by Gasteiger charge is 2.62. The number of hydrogen-bond acceptors (Lipinski definition) is 4. The third-order valence-corrected chi connectivity index (χ3v) is 7.56. The number of ether oxygens (including phenoxy) is 2. The fourth-order valence-corrected chi connectivity index (χ4v) is 5.48. The molecule has 0 amide bonds. The normalized spacial score (nSPS) is 21.2. The van der Waals surface area contributed by atoms with E-state index in [0.29, 0.717) is 0 Å². The molecule has 0 saturated heterocycles. The average Bonchev–Trinajstić information content (AvgIpc) is 3.76. The summed E-state index contributed by atoms with van der Waals surface area (Å²) in [6, 6.07) is 26.4. The number of carbonyl (C=O) groups excluding carboxylic acids is 2. The van der Waals surface area contributed by atoms with E-state index in [2.05, 4.69) is 24.3 Å². The molecule has 4 heteroatoms. The van der Waals surface area contributed by atoms with E-state index >= 15 is 0 Å². The molecule has 0 spiro atoms. The highest BCUT2D eigenvalue weighted by Crippen LogP contribution is 2.61. The topological polar surface area (TPSA) is 52.6 Å². The standard InChI is InChI=1S/C33H30O4/c1-36-31(34)30(26-12-6-3-4-7-13-26)27-16-14-23(15-17-27)24-18-20-28(21-19-24)33(32(35)37-2)22-29(33)25-10-8-5-9-11-25/h3-21,26,29-30H,22H2,1-2H3/t29-,30+,33-/m0/s1. The number of benzene rings is 3. The zero-order chi connectivity index (χ0) is 25.8. The lowest BCUT2D eigenvalue weighted by atomic mass is 9.84. The van der Waals surface area contributed by atoms with Gasteiger partial charge in [-0.15, -0.1) is 0 Å². The van der Waals surface area contributed by atoms with Gasteiger partial charge in [0.2, 0.25) is 0 Å². The first-order chi connectivity index (χ1) is 18.1. The van der Waals surface area contributed by atoms with Crippen molar-refractivity contribution in [2.24, 2.45) is 5.92 Å². The smallest absolute Gasteiger partial charge is 0.316 e. The molecule has 3 aromatic carbocycles. The monoisotopic (exact) mass is 490 g/mol. The lowest BCUT2D eigenvalue weighted by Gasteiger charge is -2.20. The van der Waals surface area contributed by atoms with Crippen molar-refractivity contribution in [2.45, 2.75) is 23.7 Å². The zero-order valence-electron chi connectivity index (χ0n) is 21.0. The van der Waals surface area contributed by atoms with Crippen molar-refractivity contribution in [1.82, 2.24) is 0 Å². The Morgan fingerprint density at radius 3 is 1.92 bits per heavy atom. The van der Waals surface area contributed by atoms with Crippen molar-refractivity contribution in [1.29, 1.82) is 0 Å². The number of rotatable bonds is 7. The molecule has 0 heterocycles. The van der Waals surface area contributed by atoms with Gasteiger partial charge in [-0.3, -0.25) is 9.59 Å². The molecular weight excluding hydrogens is 460 g/mol. The molecule has 3 aromatic rings. The van der Waals surface area contributed by atoms with Crippen LogP contribution in [0.4, 0.5) is 0 Å². The summed E-state index contributed by atoms with van der Waals surface area (Å²) in [4.78, 5) is 25.6. The van der Waals surface area contributed by atoms with Gasteiger partial charge in [0.25, 0.3) is 0 Å². The fourth-order valence-electron chi connectivity index (χ4n) is 5.48. The first kappa shape index (κ1) is 24.5. The number of hydrogen-bond donors (Lipinski definition) is 0. The molecule has 5 rings (SSSR count). The summed E-state index contributed by atoms with van der Waals surface area (Å²) in [6.45, 7) is 0. The predicted octanol–water partition coefficient (Wildman–Crippen LogP) is 6.51. The first-order valence-corrected chi connectivity index (χ1v) is 12.5. The molecule has 3 atom stereocenters. The minimum absolute atomic E-state index is 0.0850. The average molecular weight is 491 g/mol. The second-order valence-electron chi connectivity index (χ2n) is 9.56. The van der Waals surface area contributed by atoms with Gasteiger partial charge in [0, 0.05) is 11.8 Å². The van der Waals surface area contributed by atoms with Crippen molar-refractivity contribution in [2.75, 3.05) is 14.2 Å². The first-order valence-electron chi connectivity index (χ1n) is 12.5. The maximum Gasteiger partial charge on any atom is 0.316 e. The Labute approximate surface area is 217 Å². The third-order valence-electron chi connectivity index (χ3n) is 7.56. The van der Waals surface area contributed by atoms with E-state index in [0.717, 1.165) is 34.2 Å². The van der Waals surface area contributed by atoms with Crippen LogP contribution in [0.25, 0.3) is 11.1 Å². The fraction of sp³-hybridized carbons (Fsp3) is 0.212. The van der Waals surface area contributed by atoms with E-state index in [9.17, 15) is 9.59 Å². The van der Waals surface area contributed by atoms with Crippen LogP contribution in [0.1, 0.15) is 34.9 Å². The maximum atomic E-state index is 12.9. The van der Waals surface area contributed by atoms with Crippen molar-refractivity contribution in [3.05, 3.63) is 132 Å². The summed E-state index contributed by atoms with van der Waals surface area (Å²) in [6.07, 6.45) is 12.6. The Morgan fingerprint density at radius 2 is 1.35 bits per heavy atom. The van der Waals surface area contributed by atoms with Crippen molar-refractivity contribution in [3.8, 4) is 11.1 Å². The van der Waals surface area contributed by atoms with Crippen LogP contribution in [0.5, 0.6) is 0 Å². The summed E-state index contributed by atoms with van der Waals surface area (Å²) in [5.74, 6) is -0.839. The summed E-state index contributed by atoms with van der Waals surface area (Å²) in [5, 5.41) is 0. The number of esters is 2. The quantitative estimate of drug-likeness (QED) is 0.355.